The van der Waals surface area contributed by atoms with E-state index < -0.39 is 0 Å². The summed E-state index contributed by atoms with van der Waals surface area (Å²) in [6.45, 7) is 6.80. The number of carbonyl (C=O) groups is 1. The largest absolute Gasteiger partial charge is 0.335 e. The van der Waals surface area contributed by atoms with E-state index in [-0.39, 0.29) is 16.8 Å². The van der Waals surface area contributed by atoms with Crippen LogP contribution in [0.4, 0.5) is 0 Å². The molecule has 1 unspecified atom stereocenters. The normalized spacial score (nSPS) is 12.5. The van der Waals surface area contributed by atoms with Crippen LogP contribution in [0, 0.1) is 0 Å². The van der Waals surface area contributed by atoms with E-state index in [1.54, 1.807) is 0 Å². The smallest absolute Gasteiger partial charge is 0.236 e. The standard InChI is InChI=1S/C14H20BrNO/c1-4-13(15)14(17)16(11(2)3)10-12-8-6-5-7-9-12/h5-9,11,13H,4,10H2,1-3H3. The minimum Gasteiger partial charge on any atom is -0.335 e. The molecule has 0 bridgehead atoms. The molecule has 0 spiro atoms. The highest BCUT2D eigenvalue weighted by Crippen LogP contribution is 2.15. The number of hydrogen-bond acceptors (Lipinski definition) is 1. The van der Waals surface area contributed by atoms with E-state index >= 15 is 0 Å². The summed E-state index contributed by atoms with van der Waals surface area (Å²) >= 11 is 3.43. The molecular formula is C14H20BrNO. The monoisotopic (exact) mass is 297 g/mol. The van der Waals surface area contributed by atoms with Gasteiger partial charge in [0.1, 0.15) is 0 Å². The molecule has 1 aromatic rings. The van der Waals surface area contributed by atoms with Crippen molar-refractivity contribution in [1.82, 2.24) is 4.90 Å². The first kappa shape index (κ1) is 14.2. The Hall–Kier alpha value is -0.830. The Morgan fingerprint density at radius 2 is 1.88 bits per heavy atom. The van der Waals surface area contributed by atoms with Crippen molar-refractivity contribution in [2.24, 2.45) is 0 Å². The molecule has 0 aromatic heterocycles. The highest BCUT2D eigenvalue weighted by atomic mass is 79.9. The van der Waals surface area contributed by atoms with Crippen molar-refractivity contribution < 1.29 is 4.79 Å². The molecular weight excluding hydrogens is 278 g/mol. The molecule has 2 nitrogen and oxygen atoms in total. The molecule has 0 radical (unpaired) electrons. The highest BCUT2D eigenvalue weighted by molar-refractivity contribution is 9.10. The zero-order valence-electron chi connectivity index (χ0n) is 10.7. The average molecular weight is 298 g/mol. The van der Waals surface area contributed by atoms with E-state index in [0.717, 1.165) is 6.42 Å². The third-order valence-corrected chi connectivity index (χ3v) is 3.77. The summed E-state index contributed by atoms with van der Waals surface area (Å²) < 4.78 is 0. The van der Waals surface area contributed by atoms with E-state index in [2.05, 4.69) is 41.9 Å². The van der Waals surface area contributed by atoms with Crippen LogP contribution < -0.4 is 0 Å². The van der Waals surface area contributed by atoms with Gasteiger partial charge in [-0.3, -0.25) is 4.79 Å². The zero-order chi connectivity index (χ0) is 12.8. The summed E-state index contributed by atoms with van der Waals surface area (Å²) in [7, 11) is 0. The average Bonchev–Trinajstić information content (AvgIpc) is 2.35. The van der Waals surface area contributed by atoms with Gasteiger partial charge in [0, 0.05) is 12.6 Å². The van der Waals surface area contributed by atoms with E-state index in [4.69, 9.17) is 0 Å². The number of rotatable bonds is 5. The molecule has 1 aromatic carbocycles. The number of hydrogen-bond donors (Lipinski definition) is 0. The quantitative estimate of drug-likeness (QED) is 0.761. The number of amides is 1. The first-order valence-corrected chi connectivity index (χ1v) is 6.96. The summed E-state index contributed by atoms with van der Waals surface area (Å²) in [5, 5.41) is 0. The van der Waals surface area contributed by atoms with Crippen LogP contribution in [0.3, 0.4) is 0 Å². The Bertz CT molecular complexity index is 350. The molecule has 3 heteroatoms. The molecule has 0 fully saturated rings. The molecule has 1 atom stereocenters. The fourth-order valence-corrected chi connectivity index (χ4v) is 1.91. The van der Waals surface area contributed by atoms with E-state index in [0.29, 0.717) is 6.54 Å². The number of alkyl halides is 1. The van der Waals surface area contributed by atoms with Gasteiger partial charge in [0.15, 0.2) is 0 Å². The lowest BCUT2D eigenvalue weighted by molar-refractivity contribution is -0.132. The zero-order valence-corrected chi connectivity index (χ0v) is 12.3. The van der Waals surface area contributed by atoms with Crippen LogP contribution in [0.2, 0.25) is 0 Å². The van der Waals surface area contributed by atoms with Gasteiger partial charge in [0.05, 0.1) is 4.83 Å². The van der Waals surface area contributed by atoms with Crippen molar-refractivity contribution in [3.63, 3.8) is 0 Å². The summed E-state index contributed by atoms with van der Waals surface area (Å²) in [6, 6.07) is 10.3. The maximum Gasteiger partial charge on any atom is 0.236 e. The topological polar surface area (TPSA) is 20.3 Å². The van der Waals surface area contributed by atoms with Crippen LogP contribution in [-0.2, 0) is 11.3 Å². The third kappa shape index (κ3) is 4.15. The Morgan fingerprint density at radius 1 is 1.29 bits per heavy atom. The second-order valence-electron chi connectivity index (χ2n) is 4.42. The second-order valence-corrected chi connectivity index (χ2v) is 5.53. The van der Waals surface area contributed by atoms with Gasteiger partial charge in [-0.15, -0.1) is 0 Å². The molecule has 94 valence electrons. The van der Waals surface area contributed by atoms with Crippen LogP contribution in [-0.4, -0.2) is 21.7 Å². The Kier molecular flexibility index (Phi) is 5.69. The molecule has 0 saturated heterocycles. The van der Waals surface area contributed by atoms with Crippen molar-refractivity contribution in [2.45, 2.75) is 44.6 Å². The predicted molar refractivity (Wildman–Crippen MR) is 75.1 cm³/mol. The van der Waals surface area contributed by atoms with Gasteiger partial charge in [0.2, 0.25) is 5.91 Å². The maximum atomic E-state index is 12.2. The molecule has 0 aliphatic carbocycles. The van der Waals surface area contributed by atoms with Gasteiger partial charge < -0.3 is 4.90 Å². The number of halogens is 1. The third-order valence-electron chi connectivity index (χ3n) is 2.73. The first-order chi connectivity index (χ1) is 8.06. The summed E-state index contributed by atoms with van der Waals surface area (Å²) in [5.74, 6) is 0.173. The van der Waals surface area contributed by atoms with Crippen LogP contribution in [0.5, 0.6) is 0 Å². The van der Waals surface area contributed by atoms with E-state index in [9.17, 15) is 4.79 Å². The Morgan fingerprint density at radius 3 is 2.35 bits per heavy atom. The predicted octanol–water partition coefficient (Wildman–Crippen LogP) is 3.60. The molecule has 0 N–H and O–H groups in total. The molecule has 1 rings (SSSR count). The van der Waals surface area contributed by atoms with Crippen LogP contribution in [0.1, 0.15) is 32.8 Å². The number of benzene rings is 1. The lowest BCUT2D eigenvalue weighted by atomic mass is 10.1. The van der Waals surface area contributed by atoms with Crippen molar-refractivity contribution >= 4 is 21.8 Å². The lowest BCUT2D eigenvalue weighted by Crippen LogP contribution is -2.40. The van der Waals surface area contributed by atoms with Gasteiger partial charge in [-0.25, -0.2) is 0 Å². The van der Waals surface area contributed by atoms with Crippen LogP contribution in [0.15, 0.2) is 30.3 Å². The molecule has 0 aliphatic rings. The van der Waals surface area contributed by atoms with Gasteiger partial charge in [-0.1, -0.05) is 53.2 Å². The summed E-state index contributed by atoms with van der Waals surface area (Å²) in [5.41, 5.74) is 1.17. The van der Waals surface area contributed by atoms with Gasteiger partial charge in [0.25, 0.3) is 0 Å². The van der Waals surface area contributed by atoms with E-state index in [1.165, 1.54) is 5.56 Å². The van der Waals surface area contributed by atoms with Crippen molar-refractivity contribution in [3.8, 4) is 0 Å². The fraction of sp³-hybridized carbons (Fsp3) is 0.500. The lowest BCUT2D eigenvalue weighted by Gasteiger charge is -2.28. The second kappa shape index (κ2) is 6.80. The number of nitrogens with zero attached hydrogens (tertiary/aromatic N) is 1. The number of carbonyl (C=O) groups excluding carboxylic acids is 1. The summed E-state index contributed by atoms with van der Waals surface area (Å²) in [6.07, 6.45) is 0.816. The minimum atomic E-state index is -0.0754. The van der Waals surface area contributed by atoms with Gasteiger partial charge >= 0.3 is 0 Å². The molecule has 0 aliphatic heterocycles. The van der Waals surface area contributed by atoms with Crippen molar-refractivity contribution in [3.05, 3.63) is 35.9 Å². The first-order valence-electron chi connectivity index (χ1n) is 6.04. The minimum absolute atomic E-state index is 0.0754. The molecule has 0 saturated carbocycles. The SMILES string of the molecule is CCC(Br)C(=O)N(Cc1ccccc1)C(C)C. The highest BCUT2D eigenvalue weighted by Gasteiger charge is 2.22. The molecule has 17 heavy (non-hydrogen) atoms. The van der Waals surface area contributed by atoms with Crippen molar-refractivity contribution in [2.75, 3.05) is 0 Å². The maximum absolute atomic E-state index is 12.2. The van der Waals surface area contributed by atoms with Gasteiger partial charge in [-0.2, -0.15) is 0 Å². The van der Waals surface area contributed by atoms with Gasteiger partial charge in [-0.05, 0) is 25.8 Å². The van der Waals surface area contributed by atoms with Crippen LogP contribution >= 0.6 is 15.9 Å². The molecule has 0 heterocycles. The molecule has 1 amide bonds. The van der Waals surface area contributed by atoms with Crippen LogP contribution in [0.25, 0.3) is 0 Å². The fourth-order valence-electron chi connectivity index (χ4n) is 1.65. The van der Waals surface area contributed by atoms with E-state index in [1.807, 2.05) is 30.0 Å². The summed E-state index contributed by atoms with van der Waals surface area (Å²) in [4.78, 5) is 14.0. The Balaban J connectivity index is 2.77. The van der Waals surface area contributed by atoms with Crippen molar-refractivity contribution in [1.29, 1.82) is 0 Å². The Labute approximate surface area is 112 Å².